The van der Waals surface area contributed by atoms with E-state index in [1.165, 1.54) is 16.4 Å². The van der Waals surface area contributed by atoms with E-state index in [1.54, 1.807) is 11.0 Å². The van der Waals surface area contributed by atoms with Crippen LogP contribution in [-0.2, 0) is 14.8 Å². The fourth-order valence-corrected chi connectivity index (χ4v) is 5.62. The molecule has 0 aromatic heterocycles. The summed E-state index contributed by atoms with van der Waals surface area (Å²) in [6.07, 6.45) is 2.63. The molecule has 144 valence electrons. The molecule has 0 N–H and O–H groups in total. The van der Waals surface area contributed by atoms with Crippen molar-refractivity contribution in [2.24, 2.45) is 0 Å². The summed E-state index contributed by atoms with van der Waals surface area (Å²) in [5, 5.41) is 0.149. The molecule has 0 spiro atoms. The molecule has 2 aliphatic rings. The molecule has 1 aromatic rings. The largest absolute Gasteiger partial charge is 0.372 e. The minimum Gasteiger partial charge on any atom is -0.372 e. The number of carbonyl (C=O) groups is 1. The average molecular weight is 401 g/mol. The van der Waals surface area contributed by atoms with Crippen molar-refractivity contribution in [1.82, 2.24) is 9.21 Å². The summed E-state index contributed by atoms with van der Waals surface area (Å²) in [6, 6.07) is 4.50. The summed E-state index contributed by atoms with van der Waals surface area (Å²) in [5.74, 6) is -0.196. The maximum Gasteiger partial charge on any atom is 0.254 e. The Balaban J connectivity index is 1.88. The van der Waals surface area contributed by atoms with Crippen LogP contribution in [0.5, 0.6) is 0 Å². The number of carbonyl (C=O) groups excluding carboxylic acids is 1. The van der Waals surface area contributed by atoms with E-state index < -0.39 is 10.0 Å². The summed E-state index contributed by atoms with van der Waals surface area (Å²) in [6.45, 7) is 5.80. The molecular weight excluding hydrogens is 376 g/mol. The highest BCUT2D eigenvalue weighted by atomic mass is 35.5. The standard InChI is InChI=1S/C18H25ClN2O4S/c1-13-11-20(12-14(2)25-13)18(22)15-6-7-16(19)17(10-15)26(23,24)21-8-4-3-5-9-21/h6-7,10,13-14H,3-5,8-9,11-12H2,1-2H3. The van der Waals surface area contributed by atoms with Crippen molar-refractivity contribution in [2.75, 3.05) is 26.2 Å². The Morgan fingerprint density at radius 3 is 2.35 bits per heavy atom. The van der Waals surface area contributed by atoms with Crippen LogP contribution >= 0.6 is 11.6 Å². The molecule has 1 amide bonds. The van der Waals surface area contributed by atoms with Crippen molar-refractivity contribution in [2.45, 2.75) is 50.2 Å². The van der Waals surface area contributed by atoms with E-state index in [2.05, 4.69) is 0 Å². The minimum absolute atomic E-state index is 0.0151. The number of benzene rings is 1. The molecule has 0 bridgehead atoms. The maximum atomic E-state index is 13.0. The van der Waals surface area contributed by atoms with Crippen LogP contribution in [0.3, 0.4) is 0 Å². The Morgan fingerprint density at radius 1 is 1.12 bits per heavy atom. The summed E-state index contributed by atoms with van der Waals surface area (Å²) in [7, 11) is -3.70. The Kier molecular flexibility index (Phi) is 5.91. The highest BCUT2D eigenvalue weighted by Gasteiger charge is 2.31. The fraction of sp³-hybridized carbons (Fsp3) is 0.611. The Hall–Kier alpha value is -1.15. The number of ether oxygens (including phenoxy) is 1. The number of hydrogen-bond donors (Lipinski definition) is 0. The van der Waals surface area contributed by atoms with Crippen molar-refractivity contribution in [1.29, 1.82) is 0 Å². The van der Waals surface area contributed by atoms with Crippen LogP contribution in [0, 0.1) is 0 Å². The van der Waals surface area contributed by atoms with Gasteiger partial charge in [-0.1, -0.05) is 18.0 Å². The van der Waals surface area contributed by atoms with Gasteiger partial charge in [0, 0.05) is 31.7 Å². The van der Waals surface area contributed by atoms with Crippen molar-refractivity contribution < 1.29 is 17.9 Å². The molecule has 1 aromatic carbocycles. The van der Waals surface area contributed by atoms with Crippen molar-refractivity contribution >= 4 is 27.5 Å². The first-order valence-electron chi connectivity index (χ1n) is 9.03. The van der Waals surface area contributed by atoms with Gasteiger partial charge >= 0.3 is 0 Å². The van der Waals surface area contributed by atoms with Crippen LogP contribution in [0.25, 0.3) is 0 Å². The zero-order chi connectivity index (χ0) is 18.9. The predicted molar refractivity (Wildman–Crippen MR) is 100.0 cm³/mol. The van der Waals surface area contributed by atoms with E-state index in [1.807, 2.05) is 13.8 Å². The minimum atomic E-state index is -3.70. The lowest BCUT2D eigenvalue weighted by atomic mass is 10.1. The first-order chi connectivity index (χ1) is 12.3. The van der Waals surface area contributed by atoms with Gasteiger partial charge < -0.3 is 9.64 Å². The molecule has 2 aliphatic heterocycles. The third-order valence-electron chi connectivity index (χ3n) is 4.82. The van der Waals surface area contributed by atoms with Crippen molar-refractivity contribution in [3.8, 4) is 0 Å². The molecule has 6 nitrogen and oxygen atoms in total. The second-order valence-electron chi connectivity index (χ2n) is 7.08. The van der Waals surface area contributed by atoms with Crippen LogP contribution < -0.4 is 0 Å². The molecule has 2 fully saturated rings. The normalized spacial score (nSPS) is 25.3. The van der Waals surface area contributed by atoms with Gasteiger partial charge in [-0.25, -0.2) is 8.42 Å². The van der Waals surface area contributed by atoms with Gasteiger partial charge in [-0.3, -0.25) is 4.79 Å². The van der Waals surface area contributed by atoms with Gasteiger partial charge in [0.25, 0.3) is 5.91 Å². The predicted octanol–water partition coefficient (Wildman–Crippen LogP) is 2.76. The smallest absolute Gasteiger partial charge is 0.254 e. The Morgan fingerprint density at radius 2 is 1.73 bits per heavy atom. The van der Waals surface area contributed by atoms with Crippen LogP contribution in [0.1, 0.15) is 43.5 Å². The van der Waals surface area contributed by atoms with Crippen LogP contribution in [0.4, 0.5) is 0 Å². The number of nitrogens with zero attached hydrogens (tertiary/aromatic N) is 2. The Labute approximate surface area is 160 Å². The first kappa shape index (κ1) is 19.6. The summed E-state index contributed by atoms with van der Waals surface area (Å²) >= 11 is 6.19. The lowest BCUT2D eigenvalue weighted by Gasteiger charge is -2.35. The van der Waals surface area contributed by atoms with Gasteiger partial charge in [0.15, 0.2) is 0 Å². The number of rotatable bonds is 3. The summed E-state index contributed by atoms with van der Waals surface area (Å²) in [5.41, 5.74) is 0.339. The summed E-state index contributed by atoms with van der Waals surface area (Å²) < 4.78 is 33.0. The number of morpholine rings is 1. The van der Waals surface area contributed by atoms with Crippen LogP contribution in [0.15, 0.2) is 23.1 Å². The third-order valence-corrected chi connectivity index (χ3v) is 7.20. The third kappa shape index (κ3) is 4.06. The topological polar surface area (TPSA) is 66.9 Å². The molecule has 0 radical (unpaired) electrons. The number of hydrogen-bond acceptors (Lipinski definition) is 4. The van der Waals surface area contributed by atoms with E-state index >= 15 is 0 Å². The first-order valence-corrected chi connectivity index (χ1v) is 10.9. The average Bonchev–Trinajstić information content (AvgIpc) is 2.61. The molecule has 0 aliphatic carbocycles. The molecule has 2 unspecified atom stereocenters. The Bertz CT molecular complexity index is 767. The van der Waals surface area contributed by atoms with E-state index in [9.17, 15) is 13.2 Å². The van der Waals surface area contributed by atoms with Gasteiger partial charge in [0.05, 0.1) is 17.2 Å². The zero-order valence-electron chi connectivity index (χ0n) is 15.2. The second kappa shape index (κ2) is 7.84. The number of piperidine rings is 1. The molecule has 3 rings (SSSR count). The molecule has 2 saturated heterocycles. The highest BCUT2D eigenvalue weighted by molar-refractivity contribution is 7.89. The van der Waals surface area contributed by atoms with E-state index in [0.29, 0.717) is 31.7 Å². The van der Waals surface area contributed by atoms with E-state index in [4.69, 9.17) is 16.3 Å². The number of sulfonamides is 1. The van der Waals surface area contributed by atoms with Gasteiger partial charge in [0.1, 0.15) is 4.90 Å². The highest BCUT2D eigenvalue weighted by Crippen LogP contribution is 2.28. The van der Waals surface area contributed by atoms with E-state index in [-0.39, 0.29) is 28.0 Å². The molecule has 2 atom stereocenters. The summed E-state index contributed by atoms with van der Waals surface area (Å²) in [4.78, 5) is 14.6. The number of amides is 1. The van der Waals surface area contributed by atoms with Gasteiger partial charge in [0.2, 0.25) is 10.0 Å². The second-order valence-corrected chi connectivity index (χ2v) is 9.39. The molecule has 8 heteroatoms. The zero-order valence-corrected chi connectivity index (χ0v) is 16.7. The van der Waals surface area contributed by atoms with Gasteiger partial charge in [-0.05, 0) is 44.9 Å². The van der Waals surface area contributed by atoms with Crippen molar-refractivity contribution in [3.63, 3.8) is 0 Å². The molecular formula is C18H25ClN2O4S. The van der Waals surface area contributed by atoms with Crippen LogP contribution in [-0.4, -0.2) is 61.9 Å². The van der Waals surface area contributed by atoms with E-state index in [0.717, 1.165) is 19.3 Å². The monoisotopic (exact) mass is 400 g/mol. The van der Waals surface area contributed by atoms with Crippen molar-refractivity contribution in [3.05, 3.63) is 28.8 Å². The lowest BCUT2D eigenvalue weighted by Crippen LogP contribution is -2.48. The lowest BCUT2D eigenvalue weighted by molar-refractivity contribution is -0.0586. The molecule has 0 saturated carbocycles. The number of halogens is 1. The van der Waals surface area contributed by atoms with Gasteiger partial charge in [-0.15, -0.1) is 0 Å². The van der Waals surface area contributed by atoms with Crippen LogP contribution in [0.2, 0.25) is 5.02 Å². The molecule has 2 heterocycles. The quantitative estimate of drug-likeness (QED) is 0.782. The van der Waals surface area contributed by atoms with Gasteiger partial charge in [-0.2, -0.15) is 4.31 Å². The SMILES string of the molecule is CC1CN(C(=O)c2ccc(Cl)c(S(=O)(=O)N3CCCCC3)c2)CC(C)O1. The maximum absolute atomic E-state index is 13.0. The molecule has 26 heavy (non-hydrogen) atoms. The fourth-order valence-electron chi connectivity index (χ4n) is 3.60.